The van der Waals surface area contributed by atoms with Crippen molar-refractivity contribution < 1.29 is 9.53 Å². The molecule has 0 saturated heterocycles. The Morgan fingerprint density at radius 2 is 2.11 bits per heavy atom. The number of thiophene rings is 1. The van der Waals surface area contributed by atoms with Gasteiger partial charge in [-0.05, 0) is 57.2 Å². The smallest absolute Gasteiger partial charge is 0.337 e. The largest absolute Gasteiger partial charge is 0.465 e. The molecule has 0 aliphatic rings. The minimum atomic E-state index is -0.316. The first-order chi connectivity index (χ1) is 8.69. The molecule has 0 spiro atoms. The third kappa shape index (κ3) is 3.34. The summed E-state index contributed by atoms with van der Waals surface area (Å²) in [5.74, 6) is -0.316. The fourth-order valence-corrected chi connectivity index (χ4v) is 2.69. The molecule has 2 aromatic rings. The Morgan fingerprint density at radius 1 is 1.39 bits per heavy atom. The molecule has 0 unspecified atom stereocenters. The number of anilines is 1. The Hall–Kier alpha value is -1.33. The standard InChI is InChI=1S/C13H12BrNO2S/c1-17-13(16)10-2-4-11(5-3-10)15-7-9-6-12(14)18-8-9/h2-6,8,15H,7H2,1H3. The lowest BCUT2D eigenvalue weighted by molar-refractivity contribution is 0.0601. The molecule has 1 aromatic heterocycles. The van der Waals surface area contributed by atoms with Crippen LogP contribution < -0.4 is 5.32 Å². The maximum absolute atomic E-state index is 11.3. The Bertz CT molecular complexity index is 536. The number of esters is 1. The number of carbonyl (C=O) groups excluding carboxylic acids is 1. The average Bonchev–Trinajstić information content (AvgIpc) is 2.82. The monoisotopic (exact) mass is 325 g/mol. The molecule has 3 nitrogen and oxygen atoms in total. The van der Waals surface area contributed by atoms with Gasteiger partial charge in [-0.3, -0.25) is 0 Å². The van der Waals surface area contributed by atoms with E-state index in [1.54, 1.807) is 23.5 Å². The van der Waals surface area contributed by atoms with Crippen molar-refractivity contribution in [1.29, 1.82) is 0 Å². The molecule has 0 fully saturated rings. The topological polar surface area (TPSA) is 38.3 Å². The van der Waals surface area contributed by atoms with Crippen LogP contribution in [0.25, 0.3) is 0 Å². The molecule has 1 aromatic carbocycles. The van der Waals surface area contributed by atoms with Gasteiger partial charge in [-0.2, -0.15) is 0 Å². The Kier molecular flexibility index (Phi) is 4.38. The zero-order valence-corrected chi connectivity index (χ0v) is 12.2. The van der Waals surface area contributed by atoms with E-state index in [1.807, 2.05) is 12.1 Å². The highest BCUT2D eigenvalue weighted by molar-refractivity contribution is 9.11. The number of hydrogen-bond acceptors (Lipinski definition) is 4. The minimum Gasteiger partial charge on any atom is -0.465 e. The van der Waals surface area contributed by atoms with Crippen molar-refractivity contribution in [2.75, 3.05) is 12.4 Å². The number of hydrogen-bond donors (Lipinski definition) is 1. The summed E-state index contributed by atoms with van der Waals surface area (Å²) in [4.78, 5) is 11.3. The number of carbonyl (C=O) groups is 1. The molecule has 18 heavy (non-hydrogen) atoms. The number of ether oxygens (including phenoxy) is 1. The third-order valence-electron chi connectivity index (χ3n) is 2.42. The molecular formula is C13H12BrNO2S. The van der Waals surface area contributed by atoms with Gasteiger partial charge in [0.05, 0.1) is 16.5 Å². The van der Waals surface area contributed by atoms with E-state index >= 15 is 0 Å². The predicted molar refractivity (Wildman–Crippen MR) is 77.1 cm³/mol. The summed E-state index contributed by atoms with van der Waals surface area (Å²) in [5.41, 5.74) is 2.76. The van der Waals surface area contributed by atoms with Crippen LogP contribution in [0, 0.1) is 0 Å². The van der Waals surface area contributed by atoms with E-state index in [-0.39, 0.29) is 5.97 Å². The van der Waals surface area contributed by atoms with Crippen LogP contribution in [0.2, 0.25) is 0 Å². The van der Waals surface area contributed by atoms with Gasteiger partial charge in [0.15, 0.2) is 0 Å². The molecular weight excluding hydrogens is 314 g/mol. The normalized spacial score (nSPS) is 10.1. The Labute approximate surface area is 118 Å². The van der Waals surface area contributed by atoms with Gasteiger partial charge in [-0.25, -0.2) is 4.79 Å². The first kappa shape index (κ1) is 13.1. The first-order valence-electron chi connectivity index (χ1n) is 5.34. The number of benzene rings is 1. The van der Waals surface area contributed by atoms with Gasteiger partial charge < -0.3 is 10.1 Å². The van der Waals surface area contributed by atoms with Crippen molar-refractivity contribution in [2.45, 2.75) is 6.54 Å². The Morgan fingerprint density at radius 3 is 2.67 bits per heavy atom. The average molecular weight is 326 g/mol. The second-order valence-electron chi connectivity index (χ2n) is 3.68. The summed E-state index contributed by atoms with van der Waals surface area (Å²) < 4.78 is 5.77. The molecule has 1 N–H and O–H groups in total. The van der Waals surface area contributed by atoms with Gasteiger partial charge in [0.2, 0.25) is 0 Å². The highest BCUT2D eigenvalue weighted by atomic mass is 79.9. The van der Waals surface area contributed by atoms with Crippen molar-refractivity contribution in [3.63, 3.8) is 0 Å². The van der Waals surface area contributed by atoms with Crippen LogP contribution in [-0.2, 0) is 11.3 Å². The van der Waals surface area contributed by atoms with Crippen LogP contribution in [0.5, 0.6) is 0 Å². The van der Waals surface area contributed by atoms with Gasteiger partial charge in [0.1, 0.15) is 0 Å². The van der Waals surface area contributed by atoms with E-state index in [9.17, 15) is 4.79 Å². The molecule has 0 saturated carbocycles. The Balaban J connectivity index is 1.96. The summed E-state index contributed by atoms with van der Waals surface area (Å²) in [6, 6.07) is 9.32. The van der Waals surface area contributed by atoms with Crippen molar-refractivity contribution in [3.05, 3.63) is 50.6 Å². The molecule has 94 valence electrons. The van der Waals surface area contributed by atoms with Crippen molar-refractivity contribution >= 4 is 38.9 Å². The number of halogens is 1. The van der Waals surface area contributed by atoms with Crippen molar-refractivity contribution in [3.8, 4) is 0 Å². The summed E-state index contributed by atoms with van der Waals surface area (Å²) in [6.07, 6.45) is 0. The van der Waals surface area contributed by atoms with Crippen molar-refractivity contribution in [2.24, 2.45) is 0 Å². The van der Waals surface area contributed by atoms with Crippen LogP contribution in [0.4, 0.5) is 5.69 Å². The first-order valence-corrected chi connectivity index (χ1v) is 7.01. The van der Waals surface area contributed by atoms with E-state index in [1.165, 1.54) is 12.7 Å². The van der Waals surface area contributed by atoms with E-state index in [2.05, 4.69) is 37.4 Å². The molecule has 5 heteroatoms. The maximum atomic E-state index is 11.3. The predicted octanol–water partition coefficient (Wildman–Crippen LogP) is 3.91. The zero-order valence-electron chi connectivity index (χ0n) is 9.77. The number of nitrogens with one attached hydrogen (secondary N) is 1. The van der Waals surface area contributed by atoms with Crippen LogP contribution >= 0.6 is 27.3 Å². The molecule has 0 aliphatic carbocycles. The molecule has 0 bridgehead atoms. The summed E-state index contributed by atoms with van der Waals surface area (Å²) in [5, 5.41) is 5.39. The quantitative estimate of drug-likeness (QED) is 0.866. The molecule has 2 rings (SSSR count). The van der Waals surface area contributed by atoms with E-state index < -0.39 is 0 Å². The highest BCUT2D eigenvalue weighted by Crippen LogP contribution is 2.21. The molecule has 0 amide bonds. The van der Waals surface area contributed by atoms with Gasteiger partial charge in [0.25, 0.3) is 0 Å². The summed E-state index contributed by atoms with van der Waals surface area (Å²) in [6.45, 7) is 0.764. The van der Waals surface area contributed by atoms with Crippen LogP contribution in [0.15, 0.2) is 39.5 Å². The molecule has 0 aliphatic heterocycles. The molecule has 0 atom stereocenters. The fraction of sp³-hybridized carbons (Fsp3) is 0.154. The van der Waals surface area contributed by atoms with E-state index in [4.69, 9.17) is 0 Å². The number of rotatable bonds is 4. The van der Waals surface area contributed by atoms with Gasteiger partial charge in [-0.15, -0.1) is 11.3 Å². The second kappa shape index (κ2) is 6.02. The SMILES string of the molecule is COC(=O)c1ccc(NCc2csc(Br)c2)cc1. The zero-order chi connectivity index (χ0) is 13.0. The summed E-state index contributed by atoms with van der Waals surface area (Å²) >= 11 is 5.10. The van der Waals surface area contributed by atoms with Crippen LogP contribution in [-0.4, -0.2) is 13.1 Å². The second-order valence-corrected chi connectivity index (χ2v) is 5.97. The lowest BCUT2D eigenvalue weighted by atomic mass is 10.2. The number of methoxy groups -OCH3 is 1. The van der Waals surface area contributed by atoms with E-state index in [0.717, 1.165) is 16.0 Å². The van der Waals surface area contributed by atoms with E-state index in [0.29, 0.717) is 5.56 Å². The maximum Gasteiger partial charge on any atom is 0.337 e. The molecule has 0 radical (unpaired) electrons. The molecule has 1 heterocycles. The van der Waals surface area contributed by atoms with Crippen molar-refractivity contribution in [1.82, 2.24) is 0 Å². The lowest BCUT2D eigenvalue weighted by Crippen LogP contribution is -2.02. The third-order valence-corrected chi connectivity index (χ3v) is 3.98. The van der Waals surface area contributed by atoms with Gasteiger partial charge in [-0.1, -0.05) is 0 Å². The van der Waals surface area contributed by atoms with Gasteiger partial charge in [0, 0.05) is 12.2 Å². The van der Waals surface area contributed by atoms with Gasteiger partial charge >= 0.3 is 5.97 Å². The summed E-state index contributed by atoms with van der Waals surface area (Å²) in [7, 11) is 1.38. The lowest BCUT2D eigenvalue weighted by Gasteiger charge is -2.05. The fourth-order valence-electron chi connectivity index (χ4n) is 1.48. The van der Waals surface area contributed by atoms with Crippen LogP contribution in [0.3, 0.4) is 0 Å². The highest BCUT2D eigenvalue weighted by Gasteiger charge is 2.04. The minimum absolute atomic E-state index is 0.316. The van der Waals surface area contributed by atoms with Crippen LogP contribution in [0.1, 0.15) is 15.9 Å².